The van der Waals surface area contributed by atoms with Crippen molar-refractivity contribution in [1.82, 2.24) is 24.9 Å². The fourth-order valence-electron chi connectivity index (χ4n) is 5.15. The molecule has 3 aromatic rings. The van der Waals surface area contributed by atoms with Gasteiger partial charge in [0.25, 0.3) is 0 Å². The van der Waals surface area contributed by atoms with Crippen LogP contribution in [0.15, 0.2) is 22.7 Å². The van der Waals surface area contributed by atoms with Crippen LogP contribution in [-0.2, 0) is 12.6 Å². The molecule has 8 nitrogen and oxygen atoms in total. The van der Waals surface area contributed by atoms with E-state index in [2.05, 4.69) is 25.1 Å². The standard InChI is InChI=1S/C23H26F4N6O2/c1-12(2)33-22(34-19-8-16(23(25,26)27)6-7-18(19)24)29-20(30-33)9-17-14-4-5-15(17)11-32(10-14)21-28-13(3)31-35-21/h6-8,12,14-15,17H,4-5,9-11H2,1-3H3/t14-,15+,17?. The summed E-state index contributed by atoms with van der Waals surface area (Å²) in [6.45, 7) is 7.08. The molecule has 2 fully saturated rings. The van der Waals surface area contributed by atoms with E-state index in [0.29, 0.717) is 54.0 Å². The normalized spacial score (nSPS) is 22.3. The Morgan fingerprint density at radius 3 is 2.46 bits per heavy atom. The minimum atomic E-state index is -4.61. The lowest BCUT2D eigenvalue weighted by Gasteiger charge is -2.36. The summed E-state index contributed by atoms with van der Waals surface area (Å²) in [5.74, 6) is 0.835. The minimum Gasteiger partial charge on any atom is -0.421 e. The topological polar surface area (TPSA) is 82.1 Å². The molecule has 3 heterocycles. The lowest BCUT2D eigenvalue weighted by Crippen LogP contribution is -2.43. The van der Waals surface area contributed by atoms with E-state index in [1.165, 1.54) is 4.68 Å². The highest BCUT2D eigenvalue weighted by Crippen LogP contribution is 2.44. The summed E-state index contributed by atoms with van der Waals surface area (Å²) in [6, 6.07) is 2.39. The molecule has 2 bridgehead atoms. The summed E-state index contributed by atoms with van der Waals surface area (Å²) in [5, 5.41) is 8.44. The maximum Gasteiger partial charge on any atom is 0.416 e. The van der Waals surface area contributed by atoms with Crippen molar-refractivity contribution in [2.24, 2.45) is 17.8 Å². The second-order valence-electron chi connectivity index (χ2n) is 9.59. The largest absolute Gasteiger partial charge is 0.421 e. The third-order valence-corrected chi connectivity index (χ3v) is 6.83. The number of benzene rings is 1. The highest BCUT2D eigenvalue weighted by atomic mass is 19.4. The first kappa shape index (κ1) is 23.6. The van der Waals surface area contributed by atoms with Gasteiger partial charge in [0.15, 0.2) is 23.2 Å². The van der Waals surface area contributed by atoms with Crippen molar-refractivity contribution in [2.45, 2.75) is 52.3 Å². The number of ether oxygens (including phenoxy) is 1. The molecular weight excluding hydrogens is 468 g/mol. The van der Waals surface area contributed by atoms with Crippen LogP contribution in [0.1, 0.15) is 49.9 Å². The molecule has 3 atom stereocenters. The lowest BCUT2D eigenvalue weighted by molar-refractivity contribution is -0.137. The van der Waals surface area contributed by atoms with Gasteiger partial charge in [-0.25, -0.2) is 9.07 Å². The number of halogens is 4. The Morgan fingerprint density at radius 2 is 1.86 bits per heavy atom. The number of aromatic nitrogens is 5. The average molecular weight is 494 g/mol. The number of aryl methyl sites for hydroxylation is 1. The lowest BCUT2D eigenvalue weighted by atomic mass is 9.82. The third-order valence-electron chi connectivity index (χ3n) is 6.83. The summed E-state index contributed by atoms with van der Waals surface area (Å²) in [6.07, 6.45) is -1.87. The molecule has 1 aliphatic heterocycles. The Morgan fingerprint density at radius 1 is 1.14 bits per heavy atom. The van der Waals surface area contributed by atoms with Crippen molar-refractivity contribution in [3.05, 3.63) is 41.2 Å². The van der Waals surface area contributed by atoms with Crippen LogP contribution in [0.5, 0.6) is 11.8 Å². The fourth-order valence-corrected chi connectivity index (χ4v) is 5.15. The van der Waals surface area contributed by atoms with Crippen LogP contribution in [0.3, 0.4) is 0 Å². The summed E-state index contributed by atoms with van der Waals surface area (Å²) >= 11 is 0. The van der Waals surface area contributed by atoms with E-state index in [1.54, 1.807) is 6.92 Å². The monoisotopic (exact) mass is 494 g/mol. The predicted molar refractivity (Wildman–Crippen MR) is 117 cm³/mol. The van der Waals surface area contributed by atoms with Gasteiger partial charge in [-0.05, 0) is 69.6 Å². The molecule has 1 aromatic carbocycles. The van der Waals surface area contributed by atoms with Gasteiger partial charge in [-0.2, -0.15) is 28.2 Å². The van der Waals surface area contributed by atoms with Crippen molar-refractivity contribution in [1.29, 1.82) is 0 Å². The Bertz CT molecular complexity index is 1190. The Labute approximate surface area is 199 Å². The highest BCUT2D eigenvalue weighted by molar-refractivity contribution is 5.34. The Kier molecular flexibility index (Phi) is 5.92. The van der Waals surface area contributed by atoms with Crippen LogP contribution in [0.4, 0.5) is 23.6 Å². The van der Waals surface area contributed by atoms with Gasteiger partial charge >= 0.3 is 18.2 Å². The van der Waals surface area contributed by atoms with E-state index in [-0.39, 0.29) is 12.1 Å². The predicted octanol–water partition coefficient (Wildman–Crippen LogP) is 5.21. The maximum atomic E-state index is 14.3. The third kappa shape index (κ3) is 4.70. The van der Waals surface area contributed by atoms with Gasteiger partial charge < -0.3 is 14.2 Å². The van der Waals surface area contributed by atoms with E-state index in [9.17, 15) is 17.6 Å². The zero-order chi connectivity index (χ0) is 24.9. The number of hydrogen-bond donors (Lipinski definition) is 0. The fraction of sp³-hybridized carbons (Fsp3) is 0.565. The van der Waals surface area contributed by atoms with E-state index >= 15 is 0 Å². The molecule has 0 spiro atoms. The van der Waals surface area contributed by atoms with Crippen LogP contribution < -0.4 is 9.64 Å². The van der Waals surface area contributed by atoms with Gasteiger partial charge in [0.1, 0.15) is 0 Å². The van der Waals surface area contributed by atoms with Crippen LogP contribution in [0.25, 0.3) is 0 Å². The molecule has 2 aromatic heterocycles. The van der Waals surface area contributed by atoms with Crippen LogP contribution in [0, 0.1) is 30.5 Å². The Hall–Kier alpha value is -3.18. The second kappa shape index (κ2) is 8.80. The molecule has 35 heavy (non-hydrogen) atoms. The van der Waals surface area contributed by atoms with Gasteiger partial charge in [0, 0.05) is 19.5 Å². The van der Waals surface area contributed by atoms with Gasteiger partial charge in [-0.15, -0.1) is 0 Å². The number of hydrogen-bond acceptors (Lipinski definition) is 7. The van der Waals surface area contributed by atoms with Crippen molar-refractivity contribution in [3.8, 4) is 11.8 Å². The van der Waals surface area contributed by atoms with Gasteiger partial charge in [0.2, 0.25) is 0 Å². The van der Waals surface area contributed by atoms with E-state index in [1.807, 2.05) is 13.8 Å². The molecule has 1 saturated heterocycles. The molecule has 0 radical (unpaired) electrons. The highest BCUT2D eigenvalue weighted by Gasteiger charge is 2.43. The van der Waals surface area contributed by atoms with Gasteiger partial charge in [-0.1, -0.05) is 5.16 Å². The van der Waals surface area contributed by atoms with Crippen molar-refractivity contribution < 1.29 is 26.8 Å². The molecule has 1 aliphatic carbocycles. The quantitative estimate of drug-likeness (QED) is 0.436. The Balaban J connectivity index is 1.35. The smallest absolute Gasteiger partial charge is 0.416 e. The SMILES string of the molecule is Cc1noc(N2C[C@H]3CC[C@@H](C2)C3Cc2nc(Oc3cc(C(F)(F)F)ccc3F)n(C(C)C)n2)n1. The zero-order valence-corrected chi connectivity index (χ0v) is 19.6. The second-order valence-corrected chi connectivity index (χ2v) is 9.59. The zero-order valence-electron chi connectivity index (χ0n) is 19.6. The first-order chi connectivity index (χ1) is 16.6. The summed E-state index contributed by atoms with van der Waals surface area (Å²) in [7, 11) is 0. The maximum absolute atomic E-state index is 14.3. The van der Waals surface area contributed by atoms with Crippen LogP contribution in [-0.4, -0.2) is 38.0 Å². The number of fused-ring (bicyclic) bond motifs is 2. The van der Waals surface area contributed by atoms with E-state index < -0.39 is 23.3 Å². The first-order valence-electron chi connectivity index (χ1n) is 11.6. The number of anilines is 1. The number of piperidine rings is 1. The summed E-state index contributed by atoms with van der Waals surface area (Å²) in [4.78, 5) is 10.9. The molecule has 5 rings (SSSR count). The molecule has 1 unspecified atom stereocenters. The van der Waals surface area contributed by atoms with E-state index in [0.717, 1.165) is 32.0 Å². The molecule has 1 saturated carbocycles. The molecule has 0 N–H and O–H groups in total. The number of rotatable bonds is 6. The molecule has 188 valence electrons. The molecule has 2 aliphatic rings. The van der Waals surface area contributed by atoms with Gasteiger partial charge in [-0.3, -0.25) is 0 Å². The molecule has 12 heteroatoms. The molecule has 0 amide bonds. The first-order valence-corrected chi connectivity index (χ1v) is 11.6. The number of alkyl halides is 3. The van der Waals surface area contributed by atoms with Crippen LogP contribution in [0.2, 0.25) is 0 Å². The van der Waals surface area contributed by atoms with Crippen molar-refractivity contribution in [2.75, 3.05) is 18.0 Å². The van der Waals surface area contributed by atoms with Crippen molar-refractivity contribution >= 4 is 6.01 Å². The average Bonchev–Trinajstić information content (AvgIpc) is 3.45. The number of nitrogens with zero attached hydrogens (tertiary/aromatic N) is 6. The summed E-state index contributed by atoms with van der Waals surface area (Å²) in [5.41, 5.74) is -0.996. The van der Waals surface area contributed by atoms with Gasteiger partial charge in [0.05, 0.1) is 11.6 Å². The van der Waals surface area contributed by atoms with Crippen LogP contribution >= 0.6 is 0 Å². The summed E-state index contributed by atoms with van der Waals surface area (Å²) < 4.78 is 65.9. The van der Waals surface area contributed by atoms with Crippen molar-refractivity contribution in [3.63, 3.8) is 0 Å². The van der Waals surface area contributed by atoms with E-state index in [4.69, 9.17) is 9.26 Å². The minimum absolute atomic E-state index is 0.0284. The molecular formula is C23H26F4N6O2.